The first-order valence-corrected chi connectivity index (χ1v) is 7.87. The standard InChI is InChI=1S/C17H15Cl2FN2O2/c1-11(23)22(13-6-7-14(18)15(19)8-13)10-17(24)21-9-12-4-2-3-5-16(12)20/h2-8H,9-10H2,1H3,(H,21,24). The lowest BCUT2D eigenvalue weighted by molar-refractivity contribution is -0.123. The molecule has 2 rings (SSSR count). The Hall–Kier alpha value is -2.11. The molecule has 0 aliphatic rings. The number of benzene rings is 2. The van der Waals surface area contributed by atoms with Crippen LogP contribution in [-0.2, 0) is 16.1 Å². The smallest absolute Gasteiger partial charge is 0.240 e. The average Bonchev–Trinajstić information content (AvgIpc) is 2.54. The van der Waals surface area contributed by atoms with Crippen molar-refractivity contribution < 1.29 is 14.0 Å². The zero-order valence-corrected chi connectivity index (χ0v) is 14.4. The van der Waals surface area contributed by atoms with Gasteiger partial charge in [-0.1, -0.05) is 41.4 Å². The van der Waals surface area contributed by atoms with Crippen molar-refractivity contribution in [3.63, 3.8) is 0 Å². The lowest BCUT2D eigenvalue weighted by atomic mass is 10.2. The molecule has 2 amide bonds. The fourth-order valence-corrected chi connectivity index (χ4v) is 2.36. The Morgan fingerprint density at radius 3 is 2.46 bits per heavy atom. The maximum atomic E-state index is 13.5. The summed E-state index contributed by atoms with van der Waals surface area (Å²) >= 11 is 11.8. The number of hydrogen-bond donors (Lipinski definition) is 1. The van der Waals surface area contributed by atoms with Gasteiger partial charge in [-0.25, -0.2) is 4.39 Å². The number of nitrogens with one attached hydrogen (secondary N) is 1. The zero-order chi connectivity index (χ0) is 17.7. The van der Waals surface area contributed by atoms with Crippen molar-refractivity contribution in [3.05, 3.63) is 63.9 Å². The summed E-state index contributed by atoms with van der Waals surface area (Å²) in [7, 11) is 0. The minimum absolute atomic E-state index is 0.0403. The third-order valence-electron chi connectivity index (χ3n) is 3.33. The van der Waals surface area contributed by atoms with E-state index in [1.807, 2.05) is 0 Å². The topological polar surface area (TPSA) is 49.4 Å². The van der Waals surface area contributed by atoms with Gasteiger partial charge in [0.05, 0.1) is 10.0 Å². The summed E-state index contributed by atoms with van der Waals surface area (Å²) < 4.78 is 13.5. The Labute approximate surface area is 149 Å². The Kier molecular flexibility index (Phi) is 6.17. The third kappa shape index (κ3) is 4.69. The highest BCUT2D eigenvalue weighted by atomic mass is 35.5. The van der Waals surface area contributed by atoms with Gasteiger partial charge in [0.15, 0.2) is 0 Å². The minimum Gasteiger partial charge on any atom is -0.350 e. The van der Waals surface area contributed by atoms with E-state index in [0.717, 1.165) is 0 Å². The molecule has 0 fully saturated rings. The second-order valence-corrected chi connectivity index (χ2v) is 5.89. The molecule has 0 bridgehead atoms. The molecule has 0 heterocycles. The van der Waals surface area contributed by atoms with Gasteiger partial charge in [-0.05, 0) is 24.3 Å². The number of nitrogens with zero attached hydrogens (tertiary/aromatic N) is 1. The number of anilines is 1. The predicted molar refractivity (Wildman–Crippen MR) is 92.7 cm³/mol. The molecule has 7 heteroatoms. The molecule has 0 unspecified atom stereocenters. The Morgan fingerprint density at radius 1 is 1.12 bits per heavy atom. The highest BCUT2D eigenvalue weighted by molar-refractivity contribution is 6.42. The van der Waals surface area contributed by atoms with E-state index in [2.05, 4.69) is 5.32 Å². The molecule has 0 spiro atoms. The Bertz CT molecular complexity index is 768. The van der Waals surface area contributed by atoms with Crippen LogP contribution in [0.4, 0.5) is 10.1 Å². The van der Waals surface area contributed by atoms with Gasteiger partial charge in [0.25, 0.3) is 0 Å². The zero-order valence-electron chi connectivity index (χ0n) is 12.9. The van der Waals surface area contributed by atoms with Gasteiger partial charge in [0.2, 0.25) is 11.8 Å². The highest BCUT2D eigenvalue weighted by Crippen LogP contribution is 2.27. The maximum absolute atomic E-state index is 13.5. The molecule has 126 valence electrons. The van der Waals surface area contributed by atoms with E-state index in [4.69, 9.17) is 23.2 Å². The van der Waals surface area contributed by atoms with Gasteiger partial charge in [-0.2, -0.15) is 0 Å². The Morgan fingerprint density at radius 2 is 1.83 bits per heavy atom. The van der Waals surface area contributed by atoms with E-state index in [1.165, 1.54) is 24.0 Å². The number of hydrogen-bond acceptors (Lipinski definition) is 2. The molecule has 4 nitrogen and oxygen atoms in total. The van der Waals surface area contributed by atoms with E-state index >= 15 is 0 Å². The molecule has 0 radical (unpaired) electrons. The van der Waals surface area contributed by atoms with Crippen molar-refractivity contribution in [3.8, 4) is 0 Å². The summed E-state index contributed by atoms with van der Waals surface area (Å²) in [6.07, 6.45) is 0. The predicted octanol–water partition coefficient (Wildman–Crippen LogP) is 3.80. The highest BCUT2D eigenvalue weighted by Gasteiger charge is 2.17. The van der Waals surface area contributed by atoms with Crippen LogP contribution in [0.2, 0.25) is 10.0 Å². The van der Waals surface area contributed by atoms with Crippen molar-refractivity contribution in [1.29, 1.82) is 0 Å². The van der Waals surface area contributed by atoms with E-state index < -0.39 is 11.7 Å². The van der Waals surface area contributed by atoms with Crippen LogP contribution >= 0.6 is 23.2 Å². The SMILES string of the molecule is CC(=O)N(CC(=O)NCc1ccccc1F)c1ccc(Cl)c(Cl)c1. The molecule has 0 saturated heterocycles. The number of carbonyl (C=O) groups excluding carboxylic acids is 2. The summed E-state index contributed by atoms with van der Waals surface area (Å²) in [4.78, 5) is 25.2. The number of carbonyl (C=O) groups is 2. The fourth-order valence-electron chi connectivity index (χ4n) is 2.07. The average molecular weight is 369 g/mol. The summed E-state index contributed by atoms with van der Waals surface area (Å²) in [5.74, 6) is -1.14. The molecule has 0 aliphatic carbocycles. The number of halogens is 3. The third-order valence-corrected chi connectivity index (χ3v) is 4.07. The molecule has 2 aromatic rings. The van der Waals surface area contributed by atoms with Crippen LogP contribution in [0, 0.1) is 5.82 Å². The van der Waals surface area contributed by atoms with E-state index in [0.29, 0.717) is 16.3 Å². The fraction of sp³-hybridized carbons (Fsp3) is 0.176. The summed E-state index contributed by atoms with van der Waals surface area (Å²) in [5.41, 5.74) is 0.827. The van der Waals surface area contributed by atoms with Crippen LogP contribution in [0.3, 0.4) is 0 Å². The summed E-state index contributed by atoms with van der Waals surface area (Å²) in [6.45, 7) is 1.17. The first kappa shape index (κ1) is 18.2. The summed E-state index contributed by atoms with van der Waals surface area (Å²) in [5, 5.41) is 3.23. The van der Waals surface area contributed by atoms with Gasteiger partial charge in [0.1, 0.15) is 12.4 Å². The van der Waals surface area contributed by atoms with Gasteiger partial charge in [-0.15, -0.1) is 0 Å². The lowest BCUT2D eigenvalue weighted by Crippen LogP contribution is -2.39. The molecule has 0 aromatic heterocycles. The van der Waals surface area contributed by atoms with Crippen LogP contribution in [0.1, 0.15) is 12.5 Å². The normalized spacial score (nSPS) is 10.3. The minimum atomic E-state index is -0.417. The second-order valence-electron chi connectivity index (χ2n) is 5.07. The van der Waals surface area contributed by atoms with Crippen LogP contribution in [0.15, 0.2) is 42.5 Å². The first-order chi connectivity index (χ1) is 11.4. The summed E-state index contributed by atoms with van der Waals surface area (Å²) in [6, 6.07) is 10.8. The van der Waals surface area contributed by atoms with Crippen molar-refractivity contribution in [2.24, 2.45) is 0 Å². The monoisotopic (exact) mass is 368 g/mol. The Balaban J connectivity index is 2.05. The molecule has 0 saturated carbocycles. The van der Waals surface area contributed by atoms with Gasteiger partial charge in [-0.3, -0.25) is 9.59 Å². The maximum Gasteiger partial charge on any atom is 0.240 e. The molecular formula is C17H15Cl2FN2O2. The van der Waals surface area contributed by atoms with Gasteiger partial charge in [0, 0.05) is 24.7 Å². The largest absolute Gasteiger partial charge is 0.350 e. The van der Waals surface area contributed by atoms with Crippen LogP contribution in [0.5, 0.6) is 0 Å². The molecular weight excluding hydrogens is 354 g/mol. The van der Waals surface area contributed by atoms with Crippen molar-refractivity contribution >= 4 is 40.7 Å². The van der Waals surface area contributed by atoms with Gasteiger partial charge >= 0.3 is 0 Å². The second kappa shape index (κ2) is 8.13. The van der Waals surface area contributed by atoms with E-state index in [9.17, 15) is 14.0 Å². The first-order valence-electron chi connectivity index (χ1n) is 7.11. The van der Waals surface area contributed by atoms with Crippen LogP contribution in [-0.4, -0.2) is 18.4 Å². The van der Waals surface area contributed by atoms with Crippen molar-refractivity contribution in [2.75, 3.05) is 11.4 Å². The van der Waals surface area contributed by atoms with Crippen LogP contribution < -0.4 is 10.2 Å². The number of rotatable bonds is 5. The van der Waals surface area contributed by atoms with Crippen LogP contribution in [0.25, 0.3) is 0 Å². The van der Waals surface area contributed by atoms with Gasteiger partial charge < -0.3 is 10.2 Å². The van der Waals surface area contributed by atoms with Crippen molar-refractivity contribution in [2.45, 2.75) is 13.5 Å². The molecule has 2 aromatic carbocycles. The molecule has 1 N–H and O–H groups in total. The van der Waals surface area contributed by atoms with E-state index in [-0.39, 0.29) is 24.0 Å². The molecule has 0 atom stereocenters. The quantitative estimate of drug-likeness (QED) is 0.872. The lowest BCUT2D eigenvalue weighted by Gasteiger charge is -2.21. The van der Waals surface area contributed by atoms with E-state index in [1.54, 1.807) is 30.3 Å². The van der Waals surface area contributed by atoms with Crippen molar-refractivity contribution in [1.82, 2.24) is 5.32 Å². The molecule has 24 heavy (non-hydrogen) atoms. The molecule has 0 aliphatic heterocycles. The number of amides is 2.